The molecule has 1 aromatic carbocycles. The minimum absolute atomic E-state index is 0.00831. The predicted octanol–water partition coefficient (Wildman–Crippen LogP) is 3.51. The van der Waals surface area contributed by atoms with Crippen LogP contribution >= 0.6 is 0 Å². The average molecular weight is 276 g/mol. The number of aromatic nitrogens is 2. The summed E-state index contributed by atoms with van der Waals surface area (Å²) in [5, 5.41) is 3.90. The Morgan fingerprint density at radius 1 is 1.35 bits per heavy atom. The maximum atomic E-state index is 13.1. The summed E-state index contributed by atoms with van der Waals surface area (Å²) in [6.45, 7) is 7.15. The van der Waals surface area contributed by atoms with Crippen molar-refractivity contribution in [1.82, 2.24) is 10.1 Å². The SMILES string of the molecule is CC(=O)C(c1nc(-c2ccc(F)cc2C)no1)C(C)C. The summed E-state index contributed by atoms with van der Waals surface area (Å²) in [5.41, 5.74) is 1.42. The molecule has 1 heterocycles. The second-order valence-corrected chi connectivity index (χ2v) is 5.25. The van der Waals surface area contributed by atoms with E-state index in [0.717, 1.165) is 5.56 Å². The van der Waals surface area contributed by atoms with Crippen LogP contribution < -0.4 is 0 Å². The zero-order valence-corrected chi connectivity index (χ0v) is 12.0. The van der Waals surface area contributed by atoms with Gasteiger partial charge < -0.3 is 4.52 Å². The molecule has 0 fully saturated rings. The minimum Gasteiger partial charge on any atom is -0.338 e. The molecule has 0 aliphatic carbocycles. The van der Waals surface area contributed by atoms with Gasteiger partial charge in [0.1, 0.15) is 11.6 Å². The first-order valence-corrected chi connectivity index (χ1v) is 6.50. The predicted molar refractivity (Wildman–Crippen MR) is 72.7 cm³/mol. The van der Waals surface area contributed by atoms with Gasteiger partial charge in [-0.25, -0.2) is 4.39 Å². The quantitative estimate of drug-likeness (QED) is 0.857. The second kappa shape index (κ2) is 5.53. The highest BCUT2D eigenvalue weighted by Gasteiger charge is 2.27. The van der Waals surface area contributed by atoms with E-state index < -0.39 is 5.92 Å². The van der Waals surface area contributed by atoms with Crippen molar-refractivity contribution in [1.29, 1.82) is 0 Å². The molecule has 0 saturated carbocycles. The van der Waals surface area contributed by atoms with Gasteiger partial charge in [0.15, 0.2) is 0 Å². The summed E-state index contributed by atoms with van der Waals surface area (Å²) in [6, 6.07) is 4.37. The van der Waals surface area contributed by atoms with Crippen LogP contribution in [-0.2, 0) is 4.79 Å². The van der Waals surface area contributed by atoms with Crippen molar-refractivity contribution in [3.05, 3.63) is 35.5 Å². The average Bonchev–Trinajstić information content (AvgIpc) is 2.76. The standard InChI is InChI=1S/C15H17FN2O2/c1-8(2)13(10(4)19)15-17-14(18-20-15)12-6-5-11(16)7-9(12)3/h5-8,13H,1-4H3. The van der Waals surface area contributed by atoms with Crippen molar-refractivity contribution in [3.63, 3.8) is 0 Å². The number of nitrogens with zero attached hydrogens (tertiary/aromatic N) is 2. The lowest BCUT2D eigenvalue weighted by molar-refractivity contribution is -0.119. The van der Waals surface area contributed by atoms with Gasteiger partial charge in [-0.1, -0.05) is 19.0 Å². The van der Waals surface area contributed by atoms with Gasteiger partial charge in [-0.3, -0.25) is 4.79 Å². The number of carbonyl (C=O) groups excluding carboxylic acids is 1. The molecule has 20 heavy (non-hydrogen) atoms. The molecule has 4 nitrogen and oxygen atoms in total. The van der Waals surface area contributed by atoms with Gasteiger partial charge in [0.25, 0.3) is 0 Å². The zero-order chi connectivity index (χ0) is 14.9. The van der Waals surface area contributed by atoms with E-state index in [2.05, 4.69) is 10.1 Å². The Morgan fingerprint density at radius 3 is 2.60 bits per heavy atom. The Kier molecular flexibility index (Phi) is 3.97. The van der Waals surface area contributed by atoms with Crippen molar-refractivity contribution in [2.45, 2.75) is 33.6 Å². The Bertz CT molecular complexity index is 635. The molecule has 1 aromatic heterocycles. The molecule has 2 aromatic rings. The van der Waals surface area contributed by atoms with Crippen LogP contribution in [0.3, 0.4) is 0 Å². The maximum Gasteiger partial charge on any atom is 0.237 e. The molecular weight excluding hydrogens is 259 g/mol. The summed E-state index contributed by atoms with van der Waals surface area (Å²) < 4.78 is 18.3. The van der Waals surface area contributed by atoms with Crippen LogP contribution in [0.1, 0.15) is 38.1 Å². The van der Waals surface area contributed by atoms with E-state index >= 15 is 0 Å². The fourth-order valence-electron chi connectivity index (χ4n) is 2.28. The molecular formula is C15H17FN2O2. The van der Waals surface area contributed by atoms with E-state index in [1.807, 2.05) is 13.8 Å². The Balaban J connectivity index is 2.40. The molecule has 0 aliphatic rings. The van der Waals surface area contributed by atoms with Crippen LogP contribution in [-0.4, -0.2) is 15.9 Å². The first-order valence-electron chi connectivity index (χ1n) is 6.50. The van der Waals surface area contributed by atoms with Crippen molar-refractivity contribution in [2.24, 2.45) is 5.92 Å². The molecule has 1 unspecified atom stereocenters. The number of halogens is 1. The van der Waals surface area contributed by atoms with Crippen molar-refractivity contribution < 1.29 is 13.7 Å². The number of benzene rings is 1. The zero-order valence-electron chi connectivity index (χ0n) is 12.0. The van der Waals surface area contributed by atoms with Gasteiger partial charge in [0.05, 0.1) is 5.92 Å². The summed E-state index contributed by atoms with van der Waals surface area (Å²) in [5.74, 6) is 0.0486. The van der Waals surface area contributed by atoms with Crippen molar-refractivity contribution in [2.75, 3.05) is 0 Å². The minimum atomic E-state index is -0.406. The third-order valence-corrected chi connectivity index (χ3v) is 3.24. The van der Waals surface area contributed by atoms with Crippen LogP contribution in [0.15, 0.2) is 22.7 Å². The highest BCUT2D eigenvalue weighted by molar-refractivity contribution is 5.82. The summed E-state index contributed by atoms with van der Waals surface area (Å²) in [4.78, 5) is 16.0. The van der Waals surface area contributed by atoms with Crippen molar-refractivity contribution in [3.8, 4) is 11.4 Å². The summed E-state index contributed by atoms with van der Waals surface area (Å²) in [7, 11) is 0. The Hall–Kier alpha value is -2.04. The fourth-order valence-corrected chi connectivity index (χ4v) is 2.28. The summed E-state index contributed by atoms with van der Waals surface area (Å²) in [6.07, 6.45) is 0. The van der Waals surface area contributed by atoms with E-state index in [0.29, 0.717) is 17.3 Å². The first-order chi connectivity index (χ1) is 9.40. The smallest absolute Gasteiger partial charge is 0.237 e. The third kappa shape index (κ3) is 2.76. The highest BCUT2D eigenvalue weighted by atomic mass is 19.1. The highest BCUT2D eigenvalue weighted by Crippen LogP contribution is 2.27. The van der Waals surface area contributed by atoms with E-state index in [1.54, 1.807) is 13.0 Å². The molecule has 0 saturated heterocycles. The van der Waals surface area contributed by atoms with Crippen molar-refractivity contribution >= 4 is 5.78 Å². The van der Waals surface area contributed by atoms with E-state index in [1.165, 1.54) is 19.1 Å². The van der Waals surface area contributed by atoms with Crippen LogP contribution in [0.2, 0.25) is 0 Å². The van der Waals surface area contributed by atoms with Crippen LogP contribution in [0.5, 0.6) is 0 Å². The van der Waals surface area contributed by atoms with Gasteiger partial charge in [-0.2, -0.15) is 4.98 Å². The molecule has 0 aliphatic heterocycles. The number of carbonyl (C=O) groups is 1. The molecule has 1 atom stereocenters. The Labute approximate surface area is 117 Å². The van der Waals surface area contributed by atoms with Crippen LogP contribution in [0.4, 0.5) is 4.39 Å². The normalized spacial score (nSPS) is 12.7. The van der Waals surface area contributed by atoms with Gasteiger partial charge in [0.2, 0.25) is 11.7 Å². The van der Waals surface area contributed by atoms with E-state index in [4.69, 9.17) is 4.52 Å². The number of aryl methyl sites for hydroxylation is 1. The third-order valence-electron chi connectivity index (χ3n) is 3.24. The largest absolute Gasteiger partial charge is 0.338 e. The topological polar surface area (TPSA) is 56.0 Å². The molecule has 106 valence electrons. The molecule has 2 rings (SSSR count). The van der Waals surface area contributed by atoms with E-state index in [9.17, 15) is 9.18 Å². The lowest BCUT2D eigenvalue weighted by Crippen LogP contribution is -2.15. The molecule has 0 bridgehead atoms. The van der Waals surface area contributed by atoms with Gasteiger partial charge in [-0.15, -0.1) is 0 Å². The molecule has 0 amide bonds. The second-order valence-electron chi connectivity index (χ2n) is 5.25. The number of hydrogen-bond donors (Lipinski definition) is 0. The maximum absolute atomic E-state index is 13.1. The molecule has 0 spiro atoms. The van der Waals surface area contributed by atoms with E-state index in [-0.39, 0.29) is 17.5 Å². The monoisotopic (exact) mass is 276 g/mol. The summed E-state index contributed by atoms with van der Waals surface area (Å²) >= 11 is 0. The van der Waals surface area contributed by atoms with Gasteiger partial charge >= 0.3 is 0 Å². The lowest BCUT2D eigenvalue weighted by Gasteiger charge is -2.12. The Morgan fingerprint density at radius 2 is 2.05 bits per heavy atom. The number of ketones is 1. The number of hydrogen-bond acceptors (Lipinski definition) is 4. The van der Waals surface area contributed by atoms with Crippen LogP contribution in [0, 0.1) is 18.7 Å². The fraction of sp³-hybridized carbons (Fsp3) is 0.400. The molecule has 0 N–H and O–H groups in total. The molecule has 5 heteroatoms. The first kappa shape index (κ1) is 14.4. The lowest BCUT2D eigenvalue weighted by atomic mass is 9.92. The number of Topliss-reactive ketones (excluding diaryl/α,β-unsaturated/α-hetero) is 1. The van der Waals surface area contributed by atoms with Gasteiger partial charge in [-0.05, 0) is 43.5 Å². The molecule has 0 radical (unpaired) electrons. The van der Waals surface area contributed by atoms with Crippen LogP contribution in [0.25, 0.3) is 11.4 Å². The number of rotatable bonds is 4. The van der Waals surface area contributed by atoms with Gasteiger partial charge in [0, 0.05) is 5.56 Å².